The molecular weight excluding hydrogens is 297 g/mol. The fourth-order valence-electron chi connectivity index (χ4n) is 1.72. The van der Waals surface area contributed by atoms with Crippen LogP contribution in [0.25, 0.3) is 0 Å². The van der Waals surface area contributed by atoms with Gasteiger partial charge in [-0.25, -0.2) is 13.2 Å². The third kappa shape index (κ3) is 7.87. The molecule has 23 heavy (non-hydrogen) atoms. The topological polar surface area (TPSA) is 0 Å². The van der Waals surface area contributed by atoms with E-state index in [0.29, 0.717) is 5.92 Å². The highest BCUT2D eigenvalue weighted by Crippen LogP contribution is 2.16. The average molecular weight is 326 g/mol. The molecule has 0 saturated heterocycles. The van der Waals surface area contributed by atoms with Gasteiger partial charge in [0.05, 0.1) is 0 Å². The van der Waals surface area contributed by atoms with Crippen molar-refractivity contribution in [3.05, 3.63) is 71.0 Å². The zero-order valence-corrected chi connectivity index (χ0v) is 12.8. The van der Waals surface area contributed by atoms with E-state index in [-0.39, 0.29) is 26.6 Å². The van der Waals surface area contributed by atoms with E-state index in [4.69, 9.17) is 0 Å². The second kappa shape index (κ2) is 10.9. The molecule has 0 aliphatic heterocycles. The molecule has 0 aromatic heterocycles. The summed E-state index contributed by atoms with van der Waals surface area (Å²) in [5, 5.41) is 0. The van der Waals surface area contributed by atoms with Crippen LogP contribution >= 0.6 is 0 Å². The summed E-state index contributed by atoms with van der Waals surface area (Å²) in [6, 6.07) is 10.6. The van der Waals surface area contributed by atoms with Crippen LogP contribution in [0.1, 0.15) is 65.5 Å². The number of halogens is 3. The maximum Gasteiger partial charge on any atom is 0.159 e. The van der Waals surface area contributed by atoms with Crippen molar-refractivity contribution in [2.45, 2.75) is 54.4 Å². The van der Waals surface area contributed by atoms with Crippen LogP contribution in [0.4, 0.5) is 13.2 Å². The van der Waals surface area contributed by atoms with Crippen molar-refractivity contribution in [2.75, 3.05) is 0 Å². The molecule has 2 rings (SSSR count). The zero-order chi connectivity index (χ0) is 16.0. The second-order valence-electron chi connectivity index (χ2n) is 5.53. The summed E-state index contributed by atoms with van der Waals surface area (Å²) >= 11 is 0. The molecule has 2 aromatic carbocycles. The van der Waals surface area contributed by atoms with Gasteiger partial charge in [-0.15, -0.1) is 0 Å². The summed E-state index contributed by atoms with van der Waals surface area (Å²) in [5.41, 5.74) is 2.00. The molecule has 0 N–H and O–H groups in total. The quantitative estimate of drug-likeness (QED) is 0.542. The van der Waals surface area contributed by atoms with Crippen molar-refractivity contribution in [3.63, 3.8) is 0 Å². The minimum atomic E-state index is -0.783. The maximum atomic E-state index is 12.6. The first-order chi connectivity index (χ1) is 9.81. The first kappa shape index (κ1) is 23.5. The average Bonchev–Trinajstić information content (AvgIpc) is 2.43. The number of hydrogen-bond donors (Lipinski definition) is 0. The molecular formula is C20H29F3. The minimum absolute atomic E-state index is 0. The van der Waals surface area contributed by atoms with Gasteiger partial charge in [-0.3, -0.25) is 0 Å². The van der Waals surface area contributed by atoms with Crippen LogP contribution in [-0.4, -0.2) is 0 Å². The Morgan fingerprint density at radius 3 is 1.43 bits per heavy atom. The molecule has 0 spiro atoms. The standard InChI is InChI=1S/C9H10F2.C9H11F.2CH4/c1-6(2)7-3-4-8(10)9(11)5-7;1-7(2)8-3-5-9(10)6-4-8;;/h3-6H,1-2H3;3-7H,1-2H3;2*1H4. The molecule has 0 saturated carbocycles. The van der Waals surface area contributed by atoms with Crippen LogP contribution in [0, 0.1) is 17.5 Å². The molecule has 0 bridgehead atoms. The van der Waals surface area contributed by atoms with Crippen LogP contribution in [0.5, 0.6) is 0 Å². The van der Waals surface area contributed by atoms with Crippen molar-refractivity contribution in [1.29, 1.82) is 0 Å². The Bertz CT molecular complexity index is 558. The van der Waals surface area contributed by atoms with E-state index >= 15 is 0 Å². The Balaban J connectivity index is 0. The highest BCUT2D eigenvalue weighted by atomic mass is 19.2. The summed E-state index contributed by atoms with van der Waals surface area (Å²) < 4.78 is 37.3. The van der Waals surface area contributed by atoms with Gasteiger partial charge in [0.25, 0.3) is 0 Å². The van der Waals surface area contributed by atoms with E-state index < -0.39 is 11.6 Å². The summed E-state index contributed by atoms with van der Waals surface area (Å²) in [5.74, 6) is -0.985. The van der Waals surface area contributed by atoms with Gasteiger partial charge in [0, 0.05) is 0 Å². The lowest BCUT2D eigenvalue weighted by atomic mass is 10.0. The van der Waals surface area contributed by atoms with Crippen molar-refractivity contribution in [1.82, 2.24) is 0 Å². The molecule has 0 aliphatic rings. The predicted molar refractivity (Wildman–Crippen MR) is 94.4 cm³/mol. The predicted octanol–water partition coefficient (Wildman–Crippen LogP) is 7.31. The Morgan fingerprint density at radius 1 is 0.609 bits per heavy atom. The monoisotopic (exact) mass is 326 g/mol. The molecule has 0 unspecified atom stereocenters. The SMILES string of the molecule is C.C.CC(C)c1ccc(F)c(F)c1.CC(C)c1ccc(F)cc1. The largest absolute Gasteiger partial charge is 0.207 e. The van der Waals surface area contributed by atoms with E-state index in [1.165, 1.54) is 23.8 Å². The van der Waals surface area contributed by atoms with Gasteiger partial charge in [-0.2, -0.15) is 0 Å². The molecule has 2 aromatic rings. The van der Waals surface area contributed by atoms with Crippen LogP contribution in [0.2, 0.25) is 0 Å². The molecule has 0 atom stereocenters. The van der Waals surface area contributed by atoms with Crippen molar-refractivity contribution in [3.8, 4) is 0 Å². The lowest BCUT2D eigenvalue weighted by Crippen LogP contribution is -1.90. The van der Waals surface area contributed by atoms with Gasteiger partial charge >= 0.3 is 0 Å². The molecule has 0 nitrogen and oxygen atoms in total. The Morgan fingerprint density at radius 2 is 1.04 bits per heavy atom. The van der Waals surface area contributed by atoms with Gasteiger partial charge < -0.3 is 0 Å². The van der Waals surface area contributed by atoms with Crippen molar-refractivity contribution >= 4 is 0 Å². The van der Waals surface area contributed by atoms with Crippen LogP contribution in [0.15, 0.2) is 42.5 Å². The lowest BCUT2D eigenvalue weighted by Gasteiger charge is -2.04. The van der Waals surface area contributed by atoms with E-state index in [9.17, 15) is 13.2 Å². The molecule has 0 heterocycles. The first-order valence-electron chi connectivity index (χ1n) is 7.01. The summed E-state index contributed by atoms with van der Waals surface area (Å²) in [4.78, 5) is 0. The van der Waals surface area contributed by atoms with Crippen LogP contribution < -0.4 is 0 Å². The summed E-state index contributed by atoms with van der Waals surface area (Å²) in [7, 11) is 0. The summed E-state index contributed by atoms with van der Waals surface area (Å²) in [6.07, 6.45) is 0. The minimum Gasteiger partial charge on any atom is -0.207 e. The molecule has 130 valence electrons. The van der Waals surface area contributed by atoms with E-state index in [0.717, 1.165) is 11.6 Å². The van der Waals surface area contributed by atoms with E-state index in [1.807, 2.05) is 26.0 Å². The molecule has 0 fully saturated rings. The lowest BCUT2D eigenvalue weighted by molar-refractivity contribution is 0.506. The molecule has 0 aliphatic carbocycles. The maximum absolute atomic E-state index is 12.6. The Kier molecular flexibility index (Phi) is 11.1. The number of hydrogen-bond acceptors (Lipinski definition) is 0. The van der Waals surface area contributed by atoms with Gasteiger partial charge in [-0.1, -0.05) is 60.7 Å². The van der Waals surface area contributed by atoms with Crippen molar-refractivity contribution in [2.24, 2.45) is 0 Å². The molecule has 0 radical (unpaired) electrons. The fourth-order valence-corrected chi connectivity index (χ4v) is 1.72. The zero-order valence-electron chi connectivity index (χ0n) is 12.8. The normalized spacial score (nSPS) is 9.61. The Labute approximate surface area is 139 Å². The summed E-state index contributed by atoms with van der Waals surface area (Å²) in [6.45, 7) is 8.06. The number of benzene rings is 2. The van der Waals surface area contributed by atoms with Crippen molar-refractivity contribution < 1.29 is 13.2 Å². The van der Waals surface area contributed by atoms with Gasteiger partial charge in [-0.05, 0) is 47.2 Å². The first-order valence-corrected chi connectivity index (χ1v) is 7.01. The highest BCUT2D eigenvalue weighted by molar-refractivity contribution is 5.20. The van der Waals surface area contributed by atoms with Gasteiger partial charge in [0.15, 0.2) is 11.6 Å². The number of rotatable bonds is 2. The molecule has 3 heteroatoms. The molecule has 0 amide bonds. The van der Waals surface area contributed by atoms with E-state index in [2.05, 4.69) is 13.8 Å². The van der Waals surface area contributed by atoms with Crippen LogP contribution in [-0.2, 0) is 0 Å². The second-order valence-corrected chi connectivity index (χ2v) is 5.53. The van der Waals surface area contributed by atoms with Crippen LogP contribution in [0.3, 0.4) is 0 Å². The smallest absolute Gasteiger partial charge is 0.159 e. The van der Waals surface area contributed by atoms with E-state index in [1.54, 1.807) is 6.07 Å². The Hall–Kier alpha value is -1.77. The third-order valence-electron chi connectivity index (χ3n) is 3.15. The fraction of sp³-hybridized carbons (Fsp3) is 0.400. The van der Waals surface area contributed by atoms with Gasteiger partial charge in [0.2, 0.25) is 0 Å². The highest BCUT2D eigenvalue weighted by Gasteiger charge is 2.04. The third-order valence-corrected chi connectivity index (χ3v) is 3.15. The van der Waals surface area contributed by atoms with Gasteiger partial charge in [0.1, 0.15) is 5.82 Å².